The van der Waals surface area contributed by atoms with Crippen LogP contribution in [0.5, 0.6) is 0 Å². The molecular formula is C15H20N2O. The summed E-state index contributed by atoms with van der Waals surface area (Å²) in [6.07, 6.45) is 4.28. The number of anilines is 1. The minimum Gasteiger partial charge on any atom is -0.394 e. The van der Waals surface area contributed by atoms with Crippen molar-refractivity contribution >= 4 is 5.69 Å². The number of rotatable bonds is 3. The maximum Gasteiger partial charge on any atom is 0.101 e. The molecule has 1 saturated carbocycles. The summed E-state index contributed by atoms with van der Waals surface area (Å²) >= 11 is 0. The first kappa shape index (κ1) is 12.9. The van der Waals surface area contributed by atoms with E-state index in [1.807, 2.05) is 18.2 Å². The third-order valence-corrected chi connectivity index (χ3v) is 3.84. The molecule has 0 spiro atoms. The highest BCUT2D eigenvalue weighted by Gasteiger charge is 2.34. The van der Waals surface area contributed by atoms with Gasteiger partial charge in [0.1, 0.15) is 6.07 Å². The molecule has 96 valence electrons. The summed E-state index contributed by atoms with van der Waals surface area (Å²) in [6, 6.07) is 9.69. The van der Waals surface area contributed by atoms with Gasteiger partial charge in [0.15, 0.2) is 0 Å². The molecule has 0 heterocycles. The van der Waals surface area contributed by atoms with E-state index in [0.29, 0.717) is 11.5 Å². The second-order valence-corrected chi connectivity index (χ2v) is 5.42. The first-order valence-corrected chi connectivity index (χ1v) is 6.57. The predicted octanol–water partition coefficient (Wildman–Crippen LogP) is 2.91. The van der Waals surface area contributed by atoms with Crippen molar-refractivity contribution in [2.24, 2.45) is 5.92 Å². The van der Waals surface area contributed by atoms with Gasteiger partial charge >= 0.3 is 0 Å². The number of nitriles is 1. The molecule has 2 atom stereocenters. The third-order valence-electron chi connectivity index (χ3n) is 3.84. The van der Waals surface area contributed by atoms with Gasteiger partial charge in [0.05, 0.1) is 23.4 Å². The van der Waals surface area contributed by atoms with E-state index in [9.17, 15) is 5.11 Å². The summed E-state index contributed by atoms with van der Waals surface area (Å²) in [5, 5.41) is 22.3. The highest BCUT2D eigenvalue weighted by atomic mass is 16.3. The van der Waals surface area contributed by atoms with Crippen molar-refractivity contribution in [1.29, 1.82) is 5.26 Å². The molecular weight excluding hydrogens is 224 g/mol. The molecule has 1 aliphatic carbocycles. The molecule has 1 aromatic carbocycles. The molecule has 2 rings (SSSR count). The fourth-order valence-electron chi connectivity index (χ4n) is 2.93. The van der Waals surface area contributed by atoms with Crippen LogP contribution in [-0.2, 0) is 0 Å². The number of hydrogen-bond acceptors (Lipinski definition) is 3. The average molecular weight is 244 g/mol. The molecule has 3 nitrogen and oxygen atoms in total. The quantitative estimate of drug-likeness (QED) is 0.859. The molecule has 1 aromatic rings. The Morgan fingerprint density at radius 3 is 2.94 bits per heavy atom. The minimum atomic E-state index is -0.259. The number of para-hydroxylation sites is 1. The van der Waals surface area contributed by atoms with Crippen LogP contribution in [0, 0.1) is 17.2 Å². The molecule has 3 heteroatoms. The lowest BCUT2D eigenvalue weighted by atomic mass is 9.76. The predicted molar refractivity (Wildman–Crippen MR) is 72.2 cm³/mol. The SMILES string of the molecule is CC1CCCC(CO)(Nc2ccccc2C#N)C1. The normalized spacial score (nSPS) is 27.5. The smallest absolute Gasteiger partial charge is 0.101 e. The fraction of sp³-hybridized carbons (Fsp3) is 0.533. The van der Waals surface area contributed by atoms with Crippen molar-refractivity contribution in [3.8, 4) is 6.07 Å². The second-order valence-electron chi connectivity index (χ2n) is 5.42. The zero-order valence-electron chi connectivity index (χ0n) is 10.8. The van der Waals surface area contributed by atoms with Gasteiger partial charge in [-0.1, -0.05) is 31.9 Å². The van der Waals surface area contributed by atoms with E-state index in [2.05, 4.69) is 18.3 Å². The summed E-state index contributed by atoms with van der Waals surface area (Å²) in [7, 11) is 0. The minimum absolute atomic E-state index is 0.122. The summed E-state index contributed by atoms with van der Waals surface area (Å²) < 4.78 is 0. The van der Waals surface area contributed by atoms with E-state index in [1.165, 1.54) is 6.42 Å². The lowest BCUT2D eigenvalue weighted by molar-refractivity contribution is 0.149. The highest BCUT2D eigenvalue weighted by molar-refractivity contribution is 5.58. The number of nitrogens with one attached hydrogen (secondary N) is 1. The first-order valence-electron chi connectivity index (χ1n) is 6.57. The number of aliphatic hydroxyl groups is 1. The Kier molecular flexibility index (Phi) is 3.88. The Hall–Kier alpha value is -1.53. The largest absolute Gasteiger partial charge is 0.394 e. The standard InChI is InChI=1S/C15H20N2O/c1-12-5-4-8-15(9-12,11-18)17-14-7-3-2-6-13(14)10-16/h2-3,6-7,12,17-18H,4-5,8-9,11H2,1H3. The molecule has 0 aromatic heterocycles. The van der Waals surface area contributed by atoms with Crippen molar-refractivity contribution in [1.82, 2.24) is 0 Å². The molecule has 0 bridgehead atoms. The topological polar surface area (TPSA) is 56.0 Å². The van der Waals surface area contributed by atoms with Crippen molar-refractivity contribution < 1.29 is 5.11 Å². The molecule has 1 aliphatic rings. The lowest BCUT2D eigenvalue weighted by Gasteiger charge is -2.40. The monoisotopic (exact) mass is 244 g/mol. The molecule has 2 N–H and O–H groups in total. The van der Waals surface area contributed by atoms with Crippen LogP contribution in [0.15, 0.2) is 24.3 Å². The van der Waals surface area contributed by atoms with Gasteiger partial charge in [-0.15, -0.1) is 0 Å². The van der Waals surface area contributed by atoms with E-state index in [-0.39, 0.29) is 12.1 Å². The van der Waals surface area contributed by atoms with Crippen LogP contribution in [0.25, 0.3) is 0 Å². The van der Waals surface area contributed by atoms with Gasteiger partial charge in [-0.3, -0.25) is 0 Å². The van der Waals surface area contributed by atoms with Crippen molar-refractivity contribution in [3.05, 3.63) is 29.8 Å². The Labute approximate surface area is 108 Å². The molecule has 0 amide bonds. The fourth-order valence-corrected chi connectivity index (χ4v) is 2.93. The van der Waals surface area contributed by atoms with Crippen molar-refractivity contribution in [2.75, 3.05) is 11.9 Å². The zero-order valence-corrected chi connectivity index (χ0v) is 10.8. The Morgan fingerprint density at radius 2 is 2.28 bits per heavy atom. The van der Waals surface area contributed by atoms with Gasteiger partial charge in [-0.2, -0.15) is 5.26 Å². The number of aliphatic hydroxyl groups excluding tert-OH is 1. The van der Waals surface area contributed by atoms with Gasteiger partial charge in [-0.05, 0) is 30.9 Å². The number of nitrogens with zero attached hydrogens (tertiary/aromatic N) is 1. The van der Waals surface area contributed by atoms with Crippen LogP contribution in [0.4, 0.5) is 5.69 Å². The number of hydrogen-bond donors (Lipinski definition) is 2. The van der Waals surface area contributed by atoms with Crippen LogP contribution in [0.3, 0.4) is 0 Å². The van der Waals surface area contributed by atoms with Gasteiger partial charge < -0.3 is 10.4 Å². The van der Waals surface area contributed by atoms with Crippen molar-refractivity contribution in [2.45, 2.75) is 38.1 Å². The van der Waals surface area contributed by atoms with Gasteiger partial charge in [0.25, 0.3) is 0 Å². The summed E-state index contributed by atoms with van der Waals surface area (Å²) in [4.78, 5) is 0. The Balaban J connectivity index is 2.22. The van der Waals surface area contributed by atoms with Crippen molar-refractivity contribution in [3.63, 3.8) is 0 Å². The van der Waals surface area contributed by atoms with Crippen LogP contribution >= 0.6 is 0 Å². The van der Waals surface area contributed by atoms with Gasteiger partial charge in [0.2, 0.25) is 0 Å². The summed E-state index contributed by atoms with van der Waals surface area (Å²) in [5.74, 6) is 0.618. The Morgan fingerprint density at radius 1 is 1.50 bits per heavy atom. The third kappa shape index (κ3) is 2.65. The van der Waals surface area contributed by atoms with Crippen LogP contribution in [0.1, 0.15) is 38.2 Å². The summed E-state index contributed by atoms with van der Waals surface area (Å²) in [6.45, 7) is 2.35. The first-order chi connectivity index (χ1) is 8.69. The van der Waals surface area contributed by atoms with E-state index >= 15 is 0 Å². The maximum absolute atomic E-state index is 9.74. The van der Waals surface area contributed by atoms with Gasteiger partial charge in [0, 0.05) is 0 Å². The Bertz CT molecular complexity index is 452. The van der Waals surface area contributed by atoms with E-state index in [0.717, 1.165) is 24.9 Å². The van der Waals surface area contributed by atoms with E-state index < -0.39 is 0 Å². The lowest BCUT2D eigenvalue weighted by Crippen LogP contribution is -2.46. The van der Waals surface area contributed by atoms with Gasteiger partial charge in [-0.25, -0.2) is 0 Å². The molecule has 0 aliphatic heterocycles. The molecule has 0 saturated heterocycles. The number of benzene rings is 1. The maximum atomic E-state index is 9.74. The molecule has 0 radical (unpaired) electrons. The van der Waals surface area contributed by atoms with E-state index in [1.54, 1.807) is 6.07 Å². The van der Waals surface area contributed by atoms with Crippen LogP contribution in [0.2, 0.25) is 0 Å². The van der Waals surface area contributed by atoms with Crippen LogP contribution < -0.4 is 5.32 Å². The molecule has 1 fully saturated rings. The second kappa shape index (κ2) is 5.41. The van der Waals surface area contributed by atoms with Crippen LogP contribution in [-0.4, -0.2) is 17.3 Å². The average Bonchev–Trinajstić information content (AvgIpc) is 2.39. The molecule has 2 unspecified atom stereocenters. The molecule has 18 heavy (non-hydrogen) atoms. The highest BCUT2D eigenvalue weighted by Crippen LogP contribution is 2.35. The summed E-state index contributed by atoms with van der Waals surface area (Å²) in [5.41, 5.74) is 1.22. The zero-order chi connectivity index (χ0) is 13.0. The van der Waals surface area contributed by atoms with E-state index in [4.69, 9.17) is 5.26 Å².